The second kappa shape index (κ2) is 10.1. The number of nitrogens with zero attached hydrogens (tertiary/aromatic N) is 3. The Balaban J connectivity index is 1.49. The summed E-state index contributed by atoms with van der Waals surface area (Å²) in [5, 5.41) is 7.14. The van der Waals surface area contributed by atoms with Crippen LogP contribution in [0.4, 0.5) is 5.69 Å². The maximum absolute atomic E-state index is 13.0. The molecule has 0 aliphatic heterocycles. The predicted octanol–water partition coefficient (Wildman–Crippen LogP) is 5.56. The van der Waals surface area contributed by atoms with E-state index in [0.29, 0.717) is 35.1 Å². The van der Waals surface area contributed by atoms with Crippen molar-refractivity contribution in [3.63, 3.8) is 0 Å². The van der Waals surface area contributed by atoms with Crippen LogP contribution in [0.15, 0.2) is 66.7 Å². The zero-order chi connectivity index (χ0) is 24.2. The number of fused-ring (bicyclic) bond motifs is 1. The first-order chi connectivity index (χ1) is 16.4. The van der Waals surface area contributed by atoms with E-state index in [4.69, 9.17) is 16.3 Å². The van der Waals surface area contributed by atoms with Crippen LogP contribution in [0.2, 0.25) is 5.02 Å². The first-order valence-electron chi connectivity index (χ1n) is 11.1. The molecule has 1 amide bonds. The fourth-order valence-corrected chi connectivity index (χ4v) is 4.33. The lowest BCUT2D eigenvalue weighted by Crippen LogP contribution is -2.34. The summed E-state index contributed by atoms with van der Waals surface area (Å²) in [6.07, 6.45) is 0. The average molecular weight is 476 g/mol. The summed E-state index contributed by atoms with van der Waals surface area (Å²) in [4.78, 5) is 27.6. The Morgan fingerprint density at radius 1 is 1.00 bits per heavy atom. The Bertz CT molecular complexity index is 1360. The molecule has 0 aliphatic rings. The molecule has 0 N–H and O–H groups in total. The quantitative estimate of drug-likeness (QED) is 0.328. The largest absolute Gasteiger partial charge is 0.452 e. The van der Waals surface area contributed by atoms with E-state index in [1.807, 2.05) is 80.6 Å². The van der Waals surface area contributed by atoms with Crippen LogP contribution in [-0.4, -0.2) is 34.8 Å². The first kappa shape index (κ1) is 23.5. The van der Waals surface area contributed by atoms with Gasteiger partial charge in [-0.05, 0) is 43.9 Å². The van der Waals surface area contributed by atoms with Crippen LogP contribution in [0.1, 0.15) is 34.2 Å². The van der Waals surface area contributed by atoms with Crippen molar-refractivity contribution in [2.75, 3.05) is 18.1 Å². The van der Waals surface area contributed by atoms with Crippen molar-refractivity contribution in [2.45, 2.75) is 27.3 Å². The van der Waals surface area contributed by atoms with Gasteiger partial charge >= 0.3 is 5.97 Å². The molecule has 174 valence electrons. The Morgan fingerprint density at radius 2 is 1.71 bits per heavy atom. The first-order valence-corrected chi connectivity index (χ1v) is 11.5. The molecule has 0 aliphatic carbocycles. The Kier molecular flexibility index (Phi) is 6.98. The van der Waals surface area contributed by atoms with Crippen LogP contribution in [0.25, 0.3) is 10.8 Å². The van der Waals surface area contributed by atoms with Gasteiger partial charge in [0.05, 0.1) is 23.6 Å². The summed E-state index contributed by atoms with van der Waals surface area (Å²) < 4.78 is 7.17. The van der Waals surface area contributed by atoms with Crippen molar-refractivity contribution >= 4 is 39.9 Å². The number of carbonyl (C=O) groups is 2. The van der Waals surface area contributed by atoms with Crippen molar-refractivity contribution in [1.29, 1.82) is 0 Å². The highest BCUT2D eigenvalue weighted by Gasteiger charge is 2.23. The lowest BCUT2D eigenvalue weighted by Gasteiger charge is -2.22. The lowest BCUT2D eigenvalue weighted by molar-refractivity contribution is -0.121. The summed E-state index contributed by atoms with van der Waals surface area (Å²) in [5.74, 6) is -0.853. The molecule has 0 bridgehead atoms. The van der Waals surface area contributed by atoms with Crippen molar-refractivity contribution in [2.24, 2.45) is 0 Å². The molecule has 1 aromatic heterocycles. The van der Waals surface area contributed by atoms with Crippen molar-refractivity contribution < 1.29 is 14.3 Å². The average Bonchev–Trinajstić information content (AvgIpc) is 3.12. The molecule has 0 spiro atoms. The van der Waals surface area contributed by atoms with Gasteiger partial charge in [0, 0.05) is 17.0 Å². The van der Waals surface area contributed by atoms with Gasteiger partial charge in [0.2, 0.25) is 0 Å². The van der Waals surface area contributed by atoms with Crippen LogP contribution >= 0.6 is 11.6 Å². The molecular formula is C27H26ClN3O3. The van der Waals surface area contributed by atoms with E-state index in [-0.39, 0.29) is 12.5 Å². The number of aromatic nitrogens is 2. The molecule has 4 aromatic rings. The molecule has 0 saturated carbocycles. The number of anilines is 1. The third kappa shape index (κ3) is 4.68. The van der Waals surface area contributed by atoms with E-state index in [1.54, 1.807) is 16.5 Å². The summed E-state index contributed by atoms with van der Waals surface area (Å²) in [5.41, 5.74) is 3.27. The molecular weight excluding hydrogens is 450 g/mol. The molecule has 7 heteroatoms. The summed E-state index contributed by atoms with van der Waals surface area (Å²) in [6.45, 7) is 5.99. The number of hydrogen-bond donors (Lipinski definition) is 0. The van der Waals surface area contributed by atoms with Crippen LogP contribution in [0.5, 0.6) is 0 Å². The fraction of sp³-hybridized carbons (Fsp3) is 0.222. The van der Waals surface area contributed by atoms with Gasteiger partial charge in [-0.15, -0.1) is 0 Å². The third-order valence-corrected chi connectivity index (χ3v) is 6.23. The monoisotopic (exact) mass is 475 g/mol. The van der Waals surface area contributed by atoms with Crippen LogP contribution < -0.4 is 4.90 Å². The van der Waals surface area contributed by atoms with Gasteiger partial charge < -0.3 is 9.64 Å². The van der Waals surface area contributed by atoms with Crippen LogP contribution in [0.3, 0.4) is 0 Å². The van der Waals surface area contributed by atoms with Crippen LogP contribution in [0, 0.1) is 13.8 Å². The molecule has 1 heterocycles. The molecule has 0 fully saturated rings. The molecule has 0 atom stereocenters. The van der Waals surface area contributed by atoms with E-state index >= 15 is 0 Å². The van der Waals surface area contributed by atoms with E-state index in [0.717, 1.165) is 22.0 Å². The zero-order valence-corrected chi connectivity index (χ0v) is 20.2. The number of esters is 1. The molecule has 0 unspecified atom stereocenters. The SMILES string of the molecule is CCN(C(=O)COC(=O)c1c(C)nn(Cc2ccccc2Cl)c1C)c1cccc2ccccc12. The van der Waals surface area contributed by atoms with Gasteiger partial charge in [-0.1, -0.05) is 66.2 Å². The van der Waals surface area contributed by atoms with E-state index in [2.05, 4.69) is 5.10 Å². The molecule has 4 rings (SSSR count). The predicted molar refractivity (Wildman–Crippen MR) is 135 cm³/mol. The Morgan fingerprint density at radius 3 is 2.47 bits per heavy atom. The number of likely N-dealkylation sites (N-methyl/N-ethyl adjacent to an activating group) is 1. The molecule has 6 nitrogen and oxygen atoms in total. The topological polar surface area (TPSA) is 64.4 Å². The number of rotatable bonds is 7. The Hall–Kier alpha value is -3.64. The summed E-state index contributed by atoms with van der Waals surface area (Å²) >= 11 is 6.28. The highest BCUT2D eigenvalue weighted by atomic mass is 35.5. The molecule has 3 aromatic carbocycles. The minimum Gasteiger partial charge on any atom is -0.452 e. The van der Waals surface area contributed by atoms with Gasteiger partial charge in [0.1, 0.15) is 5.56 Å². The van der Waals surface area contributed by atoms with Gasteiger partial charge in [-0.2, -0.15) is 5.10 Å². The minimum atomic E-state index is -0.567. The lowest BCUT2D eigenvalue weighted by atomic mass is 10.1. The number of halogens is 1. The second-order valence-corrected chi connectivity index (χ2v) is 8.41. The van der Waals surface area contributed by atoms with E-state index in [9.17, 15) is 9.59 Å². The van der Waals surface area contributed by atoms with Crippen molar-refractivity contribution in [3.8, 4) is 0 Å². The number of benzene rings is 3. The minimum absolute atomic E-state index is 0.286. The third-order valence-electron chi connectivity index (χ3n) is 5.86. The second-order valence-electron chi connectivity index (χ2n) is 8.01. The van der Waals surface area contributed by atoms with Gasteiger partial charge in [-0.25, -0.2) is 4.79 Å². The Labute approximate surface area is 203 Å². The summed E-state index contributed by atoms with van der Waals surface area (Å²) in [6, 6.07) is 21.2. The maximum Gasteiger partial charge on any atom is 0.342 e. The normalized spacial score (nSPS) is 10.9. The van der Waals surface area contributed by atoms with E-state index < -0.39 is 5.97 Å². The van der Waals surface area contributed by atoms with Crippen molar-refractivity contribution in [3.05, 3.63) is 94.3 Å². The van der Waals surface area contributed by atoms with E-state index in [1.165, 1.54) is 0 Å². The van der Waals surface area contributed by atoms with Gasteiger partial charge in [0.25, 0.3) is 5.91 Å². The molecule has 0 saturated heterocycles. The highest BCUT2D eigenvalue weighted by Crippen LogP contribution is 2.27. The number of hydrogen-bond acceptors (Lipinski definition) is 4. The number of carbonyl (C=O) groups excluding carboxylic acids is 2. The van der Waals surface area contributed by atoms with Crippen LogP contribution in [-0.2, 0) is 16.1 Å². The smallest absolute Gasteiger partial charge is 0.342 e. The molecule has 0 radical (unpaired) electrons. The maximum atomic E-state index is 13.0. The van der Waals surface area contributed by atoms with Crippen molar-refractivity contribution in [1.82, 2.24) is 9.78 Å². The van der Waals surface area contributed by atoms with Gasteiger partial charge in [0.15, 0.2) is 6.61 Å². The number of aryl methyl sites for hydroxylation is 1. The number of ether oxygens (including phenoxy) is 1. The van der Waals surface area contributed by atoms with Gasteiger partial charge in [-0.3, -0.25) is 9.48 Å². The zero-order valence-electron chi connectivity index (χ0n) is 19.4. The fourth-order valence-electron chi connectivity index (χ4n) is 4.14. The summed E-state index contributed by atoms with van der Waals surface area (Å²) in [7, 11) is 0. The molecule has 34 heavy (non-hydrogen) atoms. The highest BCUT2D eigenvalue weighted by molar-refractivity contribution is 6.31. The standard InChI is InChI=1S/C27H26ClN3O3/c1-4-30(24-15-9-12-20-10-5-7-13-22(20)24)25(32)17-34-27(33)26-18(2)29-31(19(26)3)16-21-11-6-8-14-23(21)28/h5-15H,4,16-17H2,1-3H3. The number of amides is 1.